The zero-order valence-corrected chi connectivity index (χ0v) is 15.9. The lowest BCUT2D eigenvalue weighted by Gasteiger charge is -2.36. The van der Waals surface area contributed by atoms with Gasteiger partial charge >= 0.3 is 0 Å². The summed E-state index contributed by atoms with van der Waals surface area (Å²) < 4.78 is 6.08. The summed E-state index contributed by atoms with van der Waals surface area (Å²) in [5.74, 6) is 1.73. The van der Waals surface area contributed by atoms with Crippen molar-refractivity contribution in [2.45, 2.75) is 46.0 Å². The third-order valence-corrected chi connectivity index (χ3v) is 4.82. The van der Waals surface area contributed by atoms with Crippen LogP contribution in [0.15, 0.2) is 24.3 Å². The summed E-state index contributed by atoms with van der Waals surface area (Å²) in [5.41, 5.74) is 1.43. The molecule has 2 rings (SSSR count). The lowest BCUT2D eigenvalue weighted by atomic mass is 9.95. The van der Waals surface area contributed by atoms with Crippen molar-refractivity contribution in [3.05, 3.63) is 29.8 Å². The molecule has 1 aliphatic heterocycles. The first-order chi connectivity index (χ1) is 10.3. The molecular weight excluding hydrogens is 288 g/mol. The van der Waals surface area contributed by atoms with Crippen LogP contribution in [0.25, 0.3) is 0 Å². The van der Waals surface area contributed by atoms with Gasteiger partial charge in [-0.05, 0) is 49.7 Å². The van der Waals surface area contributed by atoms with Crippen LogP contribution in [0.1, 0.15) is 31.9 Å². The zero-order chi connectivity index (χ0) is 16.2. The zero-order valence-electron chi connectivity index (χ0n) is 14.9. The third kappa shape index (κ3) is 5.41. The maximum atomic E-state index is 6.08. The van der Waals surface area contributed by atoms with Gasteiger partial charge in [-0.25, -0.2) is 0 Å². The Morgan fingerprint density at radius 2 is 1.68 bits per heavy atom. The molecule has 1 aliphatic rings. The first kappa shape index (κ1) is 17.5. The molecule has 1 aromatic rings. The van der Waals surface area contributed by atoms with Crippen LogP contribution in [0.4, 0.5) is 0 Å². The Labute approximate surface area is 137 Å². The fraction of sp³-hybridized carbons (Fsp3) is 0.667. The molecule has 0 aromatic heterocycles. The van der Waals surface area contributed by atoms with Gasteiger partial charge in [-0.1, -0.05) is 26.0 Å². The SMILES string of the molecule is CC(C)C[C@H](c1ccc(O[Si](C)(C)C)cc1)N1CCNCC1. The van der Waals surface area contributed by atoms with Crippen molar-refractivity contribution in [3.63, 3.8) is 0 Å². The minimum atomic E-state index is -1.52. The van der Waals surface area contributed by atoms with E-state index in [4.69, 9.17) is 4.43 Å². The highest BCUT2D eigenvalue weighted by Crippen LogP contribution is 2.29. The second kappa shape index (κ2) is 7.62. The molecule has 3 nitrogen and oxygen atoms in total. The highest BCUT2D eigenvalue weighted by Gasteiger charge is 2.23. The minimum absolute atomic E-state index is 0.531. The molecule has 0 spiro atoms. The van der Waals surface area contributed by atoms with Crippen molar-refractivity contribution in [2.24, 2.45) is 5.92 Å². The molecule has 1 fully saturated rings. The van der Waals surface area contributed by atoms with Crippen molar-refractivity contribution < 1.29 is 4.43 Å². The number of nitrogens with zero attached hydrogens (tertiary/aromatic N) is 1. The van der Waals surface area contributed by atoms with E-state index >= 15 is 0 Å². The molecule has 0 radical (unpaired) electrons. The molecule has 1 heterocycles. The molecule has 4 heteroatoms. The normalized spacial score (nSPS) is 18.5. The summed E-state index contributed by atoms with van der Waals surface area (Å²) in [6, 6.07) is 9.38. The first-order valence-electron chi connectivity index (χ1n) is 8.59. The summed E-state index contributed by atoms with van der Waals surface area (Å²) >= 11 is 0. The highest BCUT2D eigenvalue weighted by molar-refractivity contribution is 6.70. The predicted molar refractivity (Wildman–Crippen MR) is 97.1 cm³/mol. The second-order valence-corrected chi connectivity index (χ2v) is 12.1. The number of piperazine rings is 1. The maximum absolute atomic E-state index is 6.08. The Kier molecular flexibility index (Phi) is 6.06. The van der Waals surface area contributed by atoms with Gasteiger partial charge in [-0.2, -0.15) is 0 Å². The van der Waals surface area contributed by atoms with Gasteiger partial charge in [-0.15, -0.1) is 0 Å². The Bertz CT molecular complexity index is 447. The molecule has 0 saturated carbocycles. The van der Waals surface area contributed by atoms with E-state index in [1.54, 1.807) is 0 Å². The minimum Gasteiger partial charge on any atom is -0.544 e. The molecule has 0 amide bonds. The van der Waals surface area contributed by atoms with E-state index in [2.05, 4.69) is 68.0 Å². The summed E-state index contributed by atoms with van der Waals surface area (Å²) in [5, 5.41) is 3.45. The van der Waals surface area contributed by atoms with Gasteiger partial charge in [0, 0.05) is 32.2 Å². The van der Waals surface area contributed by atoms with Gasteiger partial charge in [0.1, 0.15) is 5.75 Å². The molecule has 124 valence electrons. The largest absolute Gasteiger partial charge is 0.544 e. The van der Waals surface area contributed by atoms with Crippen molar-refractivity contribution in [2.75, 3.05) is 26.2 Å². The van der Waals surface area contributed by atoms with Crippen LogP contribution >= 0.6 is 0 Å². The van der Waals surface area contributed by atoms with Gasteiger partial charge < -0.3 is 9.74 Å². The van der Waals surface area contributed by atoms with E-state index in [0.717, 1.165) is 31.9 Å². The number of hydrogen-bond acceptors (Lipinski definition) is 3. The van der Waals surface area contributed by atoms with Crippen molar-refractivity contribution in [3.8, 4) is 5.75 Å². The van der Waals surface area contributed by atoms with E-state index in [-0.39, 0.29) is 0 Å². The van der Waals surface area contributed by atoms with E-state index < -0.39 is 8.32 Å². The average molecular weight is 321 g/mol. The smallest absolute Gasteiger partial charge is 0.242 e. The fourth-order valence-electron chi connectivity index (χ4n) is 3.05. The number of rotatable bonds is 6. The average Bonchev–Trinajstić information content (AvgIpc) is 2.45. The van der Waals surface area contributed by atoms with Crippen LogP contribution in [0, 0.1) is 5.92 Å². The predicted octanol–water partition coefficient (Wildman–Crippen LogP) is 3.89. The van der Waals surface area contributed by atoms with E-state index in [9.17, 15) is 0 Å². The van der Waals surface area contributed by atoms with Crippen molar-refractivity contribution in [1.82, 2.24) is 10.2 Å². The molecule has 0 unspecified atom stereocenters. The highest BCUT2D eigenvalue weighted by atomic mass is 28.4. The van der Waals surface area contributed by atoms with Crippen LogP contribution in [-0.2, 0) is 0 Å². The van der Waals surface area contributed by atoms with Crippen LogP contribution in [0.2, 0.25) is 19.6 Å². The Morgan fingerprint density at radius 1 is 1.09 bits per heavy atom. The number of nitrogens with one attached hydrogen (secondary N) is 1. The first-order valence-corrected chi connectivity index (χ1v) is 12.0. The van der Waals surface area contributed by atoms with Crippen LogP contribution in [0.3, 0.4) is 0 Å². The monoisotopic (exact) mass is 320 g/mol. The molecule has 1 N–H and O–H groups in total. The van der Waals surface area contributed by atoms with Gasteiger partial charge in [-0.3, -0.25) is 4.90 Å². The van der Waals surface area contributed by atoms with E-state index in [1.165, 1.54) is 12.0 Å². The lowest BCUT2D eigenvalue weighted by molar-refractivity contribution is 0.154. The van der Waals surface area contributed by atoms with E-state index in [1.807, 2.05) is 0 Å². The van der Waals surface area contributed by atoms with Crippen molar-refractivity contribution >= 4 is 8.32 Å². The summed E-state index contributed by atoms with van der Waals surface area (Å²) in [6.07, 6.45) is 1.22. The second-order valence-electron chi connectivity index (χ2n) is 7.71. The van der Waals surface area contributed by atoms with Crippen LogP contribution in [-0.4, -0.2) is 39.4 Å². The topological polar surface area (TPSA) is 24.5 Å². The van der Waals surface area contributed by atoms with E-state index in [0.29, 0.717) is 12.0 Å². The maximum Gasteiger partial charge on any atom is 0.242 e. The quantitative estimate of drug-likeness (QED) is 0.805. The van der Waals surface area contributed by atoms with Crippen molar-refractivity contribution in [1.29, 1.82) is 0 Å². The van der Waals surface area contributed by atoms with Gasteiger partial charge in [0.2, 0.25) is 8.32 Å². The van der Waals surface area contributed by atoms with Crippen LogP contribution in [0.5, 0.6) is 5.75 Å². The standard InChI is InChI=1S/C18H32N2OSi/c1-15(2)14-18(20-12-10-19-11-13-20)16-6-8-17(9-7-16)21-22(3,4)5/h6-9,15,18-19H,10-14H2,1-5H3/t18-/m1/s1. The molecule has 1 atom stereocenters. The lowest BCUT2D eigenvalue weighted by Crippen LogP contribution is -2.45. The molecule has 1 saturated heterocycles. The number of hydrogen-bond donors (Lipinski definition) is 1. The fourth-order valence-corrected chi connectivity index (χ4v) is 3.89. The molecule has 0 aliphatic carbocycles. The molecule has 0 bridgehead atoms. The Balaban J connectivity index is 2.12. The third-order valence-electron chi connectivity index (χ3n) is 3.98. The Hall–Kier alpha value is -0.843. The summed E-state index contributed by atoms with van der Waals surface area (Å²) in [7, 11) is -1.52. The molecule has 22 heavy (non-hydrogen) atoms. The summed E-state index contributed by atoms with van der Waals surface area (Å²) in [4.78, 5) is 2.63. The van der Waals surface area contributed by atoms with Gasteiger partial charge in [0.25, 0.3) is 0 Å². The number of benzene rings is 1. The Morgan fingerprint density at radius 3 is 2.18 bits per heavy atom. The molecular formula is C18H32N2OSi. The van der Waals surface area contributed by atoms with Gasteiger partial charge in [0.15, 0.2) is 0 Å². The molecule has 1 aromatic carbocycles. The summed E-state index contributed by atoms with van der Waals surface area (Å²) in [6.45, 7) is 15.8. The van der Waals surface area contributed by atoms with Crippen LogP contribution < -0.4 is 9.74 Å². The van der Waals surface area contributed by atoms with Gasteiger partial charge in [0.05, 0.1) is 0 Å².